The van der Waals surface area contributed by atoms with Crippen LogP contribution in [0, 0.1) is 0 Å². The molecule has 1 amide bonds. The molecule has 0 fully saturated rings. The van der Waals surface area contributed by atoms with Gasteiger partial charge in [-0.25, -0.2) is 4.39 Å². The van der Waals surface area contributed by atoms with E-state index in [0.29, 0.717) is 16.9 Å². The summed E-state index contributed by atoms with van der Waals surface area (Å²) in [4.78, 5) is 23.8. The summed E-state index contributed by atoms with van der Waals surface area (Å²) >= 11 is 0. The Morgan fingerprint density at radius 3 is 2.64 bits per heavy atom. The van der Waals surface area contributed by atoms with Crippen molar-refractivity contribution < 1.29 is 27.9 Å². The zero-order valence-electron chi connectivity index (χ0n) is 19.8. The van der Waals surface area contributed by atoms with Crippen LogP contribution in [-0.2, 0) is 29.0 Å². The summed E-state index contributed by atoms with van der Waals surface area (Å²) in [6.07, 6.45) is 0.270. The second-order valence-electron chi connectivity index (χ2n) is 8.36. The number of amides is 1. The van der Waals surface area contributed by atoms with E-state index in [4.69, 9.17) is 25.4 Å². The van der Waals surface area contributed by atoms with Crippen LogP contribution in [-0.4, -0.2) is 24.8 Å². The highest BCUT2D eigenvalue weighted by molar-refractivity contribution is 5.94. The Morgan fingerprint density at radius 1 is 1.06 bits per heavy atom. The lowest BCUT2D eigenvalue weighted by molar-refractivity contribution is -0.142. The first-order valence-electron chi connectivity index (χ1n) is 11.5. The normalized spacial score (nSPS) is 11.9. The molecule has 0 aliphatic heterocycles. The Morgan fingerprint density at radius 2 is 1.89 bits per heavy atom. The van der Waals surface area contributed by atoms with Gasteiger partial charge in [0.2, 0.25) is 5.91 Å². The molecule has 4 N–H and O–H groups in total. The third-order valence-electron chi connectivity index (χ3n) is 5.67. The Balaban J connectivity index is 1.65. The molecule has 36 heavy (non-hydrogen) atoms. The minimum atomic E-state index is -1.44. The molecule has 186 valence electrons. The minimum absolute atomic E-state index is 0.00225. The summed E-state index contributed by atoms with van der Waals surface area (Å²) in [6, 6.07) is 17.9. The Bertz CT molecular complexity index is 1400. The number of benzene rings is 3. The number of hydrogen-bond acceptors (Lipinski definition) is 6. The third kappa shape index (κ3) is 5.90. The molecule has 0 aliphatic rings. The molecule has 0 aliphatic carbocycles. The van der Waals surface area contributed by atoms with Crippen LogP contribution in [0.4, 0.5) is 4.39 Å². The lowest BCUT2D eigenvalue weighted by atomic mass is 9.98. The predicted molar refractivity (Wildman–Crippen MR) is 134 cm³/mol. The van der Waals surface area contributed by atoms with Crippen LogP contribution in [0.15, 0.2) is 71.3 Å². The number of furan rings is 1. The largest absolute Gasteiger partial charge is 0.489 e. The number of halogens is 1. The second-order valence-corrected chi connectivity index (χ2v) is 8.36. The van der Waals surface area contributed by atoms with Crippen molar-refractivity contribution in [2.75, 3.05) is 6.61 Å². The van der Waals surface area contributed by atoms with E-state index in [-0.39, 0.29) is 31.6 Å². The van der Waals surface area contributed by atoms with Crippen LogP contribution in [0.5, 0.6) is 5.75 Å². The van der Waals surface area contributed by atoms with E-state index in [1.54, 1.807) is 25.3 Å². The standard InChI is InChI=1S/C28H27FN2O5/c1-2-34-26(32)15-20-6-7-22(28(31)33)14-24(20)36-16-18-11-21-8-9-35-27(21)23(12-18)19-5-3-4-17(10-19)13-25(29)30/h3-12,14,25H,2,13,15-16,30H2,1H3,(H2,31,33)/t25-/m1/s1. The van der Waals surface area contributed by atoms with Gasteiger partial charge < -0.3 is 25.4 Å². The van der Waals surface area contributed by atoms with Crippen molar-refractivity contribution in [1.82, 2.24) is 0 Å². The number of hydrogen-bond donors (Lipinski definition) is 2. The molecular weight excluding hydrogens is 463 g/mol. The van der Waals surface area contributed by atoms with Gasteiger partial charge in [-0.15, -0.1) is 0 Å². The van der Waals surface area contributed by atoms with E-state index in [1.807, 2.05) is 42.5 Å². The van der Waals surface area contributed by atoms with Crippen molar-refractivity contribution >= 4 is 22.8 Å². The van der Waals surface area contributed by atoms with Crippen molar-refractivity contribution in [3.63, 3.8) is 0 Å². The summed E-state index contributed by atoms with van der Waals surface area (Å²) < 4.78 is 30.2. The summed E-state index contributed by atoms with van der Waals surface area (Å²) in [5, 5.41) is 0.872. The third-order valence-corrected chi connectivity index (χ3v) is 5.67. The quantitative estimate of drug-likeness (QED) is 0.246. The maximum absolute atomic E-state index is 13.4. The molecule has 8 heteroatoms. The molecule has 0 bridgehead atoms. The average Bonchev–Trinajstić information content (AvgIpc) is 3.31. The Hall–Kier alpha value is -4.17. The highest BCUT2D eigenvalue weighted by Gasteiger charge is 2.15. The summed E-state index contributed by atoms with van der Waals surface area (Å²) in [5.74, 6) is -0.631. The van der Waals surface area contributed by atoms with Crippen LogP contribution < -0.4 is 16.2 Å². The first kappa shape index (κ1) is 24.9. The van der Waals surface area contributed by atoms with Crippen molar-refractivity contribution in [1.29, 1.82) is 0 Å². The number of carbonyl (C=O) groups is 2. The topological polar surface area (TPSA) is 118 Å². The van der Waals surface area contributed by atoms with Crippen molar-refractivity contribution in [3.05, 3.63) is 89.2 Å². The minimum Gasteiger partial charge on any atom is -0.489 e. The number of fused-ring (bicyclic) bond motifs is 1. The van der Waals surface area contributed by atoms with E-state index in [0.717, 1.165) is 27.6 Å². The molecule has 0 spiro atoms. The van der Waals surface area contributed by atoms with Gasteiger partial charge in [-0.1, -0.05) is 30.3 Å². The van der Waals surface area contributed by atoms with E-state index in [1.165, 1.54) is 6.07 Å². The number of rotatable bonds is 10. The highest BCUT2D eigenvalue weighted by atomic mass is 19.1. The SMILES string of the molecule is CCOC(=O)Cc1ccc(C(N)=O)cc1OCc1cc(-c2cccc(C[C@@H](N)F)c2)c2occc2c1. The fourth-order valence-electron chi connectivity index (χ4n) is 4.05. The summed E-state index contributed by atoms with van der Waals surface area (Å²) in [5.41, 5.74) is 15.6. The molecule has 0 radical (unpaired) electrons. The molecule has 0 saturated carbocycles. The number of alkyl halides is 1. The fraction of sp³-hybridized carbons (Fsp3) is 0.214. The number of nitrogens with two attached hydrogens (primary N) is 2. The molecule has 4 rings (SSSR count). The molecule has 1 aromatic heterocycles. The molecule has 1 atom stereocenters. The van der Waals surface area contributed by atoms with Gasteiger partial charge in [-0.2, -0.15) is 0 Å². The van der Waals surface area contributed by atoms with Gasteiger partial charge in [-0.3, -0.25) is 9.59 Å². The van der Waals surface area contributed by atoms with Gasteiger partial charge in [0.25, 0.3) is 0 Å². The zero-order valence-corrected chi connectivity index (χ0v) is 19.8. The molecule has 0 saturated heterocycles. The summed E-state index contributed by atoms with van der Waals surface area (Å²) in [7, 11) is 0. The molecule has 3 aromatic carbocycles. The first-order valence-corrected chi connectivity index (χ1v) is 11.5. The molecule has 1 heterocycles. The fourth-order valence-corrected chi connectivity index (χ4v) is 4.05. The molecule has 7 nitrogen and oxygen atoms in total. The van der Waals surface area contributed by atoms with E-state index in [9.17, 15) is 14.0 Å². The molecule has 0 unspecified atom stereocenters. The summed E-state index contributed by atoms with van der Waals surface area (Å²) in [6.45, 7) is 2.15. The van der Waals surface area contributed by atoms with E-state index in [2.05, 4.69) is 0 Å². The van der Waals surface area contributed by atoms with Gasteiger partial charge in [0.1, 0.15) is 17.9 Å². The number of carbonyl (C=O) groups excluding carboxylic acids is 2. The Labute approximate surface area is 207 Å². The highest BCUT2D eigenvalue weighted by Crippen LogP contribution is 2.32. The second kappa shape index (κ2) is 11.0. The van der Waals surface area contributed by atoms with Gasteiger partial charge in [0.15, 0.2) is 6.30 Å². The lowest BCUT2D eigenvalue weighted by Crippen LogP contribution is -2.15. The van der Waals surface area contributed by atoms with Gasteiger partial charge in [-0.05, 0) is 53.9 Å². The van der Waals surface area contributed by atoms with Crippen LogP contribution in [0.1, 0.15) is 34.0 Å². The van der Waals surface area contributed by atoms with Crippen molar-refractivity contribution in [2.45, 2.75) is 32.7 Å². The van der Waals surface area contributed by atoms with Gasteiger partial charge in [0, 0.05) is 28.5 Å². The van der Waals surface area contributed by atoms with Gasteiger partial charge >= 0.3 is 5.97 Å². The van der Waals surface area contributed by atoms with Crippen LogP contribution in [0.2, 0.25) is 0 Å². The van der Waals surface area contributed by atoms with Crippen LogP contribution in [0.25, 0.3) is 22.1 Å². The van der Waals surface area contributed by atoms with Crippen LogP contribution >= 0.6 is 0 Å². The predicted octanol–water partition coefficient (Wildman–Crippen LogP) is 4.68. The maximum Gasteiger partial charge on any atom is 0.310 e. The number of primary amides is 1. The van der Waals surface area contributed by atoms with Crippen molar-refractivity contribution in [2.24, 2.45) is 11.5 Å². The van der Waals surface area contributed by atoms with Crippen molar-refractivity contribution in [3.8, 4) is 16.9 Å². The maximum atomic E-state index is 13.4. The van der Waals surface area contributed by atoms with Crippen LogP contribution in [0.3, 0.4) is 0 Å². The molecule has 4 aromatic rings. The number of ether oxygens (including phenoxy) is 2. The monoisotopic (exact) mass is 490 g/mol. The Kier molecular flexibility index (Phi) is 7.65. The average molecular weight is 491 g/mol. The zero-order chi connectivity index (χ0) is 25.7. The van der Waals surface area contributed by atoms with E-state index >= 15 is 0 Å². The van der Waals surface area contributed by atoms with E-state index < -0.39 is 18.2 Å². The van der Waals surface area contributed by atoms with Gasteiger partial charge in [0.05, 0.1) is 19.3 Å². The first-order chi connectivity index (χ1) is 17.3. The lowest BCUT2D eigenvalue weighted by Gasteiger charge is -2.14. The number of esters is 1. The smallest absolute Gasteiger partial charge is 0.310 e. The molecular formula is C28H27FN2O5.